The van der Waals surface area contributed by atoms with Crippen LogP contribution in [0.3, 0.4) is 0 Å². The molecule has 1 aromatic rings. The summed E-state index contributed by atoms with van der Waals surface area (Å²) in [7, 11) is -3.91. The Morgan fingerprint density at radius 1 is 1.33 bits per heavy atom. The lowest BCUT2D eigenvalue weighted by molar-refractivity contribution is -0.142. The van der Waals surface area contributed by atoms with Crippen LogP contribution in [0.25, 0.3) is 0 Å². The van der Waals surface area contributed by atoms with Crippen molar-refractivity contribution in [2.45, 2.75) is 25.2 Å². The summed E-state index contributed by atoms with van der Waals surface area (Å²) in [4.78, 5) is 11.0. The van der Waals surface area contributed by atoms with Crippen LogP contribution in [0.4, 0.5) is 0 Å². The number of aliphatic carboxylic acids is 1. The highest BCUT2D eigenvalue weighted by Crippen LogP contribution is 2.25. The molecular formula is C13H17Cl2NO4S. The molecule has 1 atom stereocenters. The second-order valence-corrected chi connectivity index (χ2v) is 7.67. The first kappa shape index (κ1) is 18.2. The maximum atomic E-state index is 12.2. The number of carboxylic acids is 1. The van der Waals surface area contributed by atoms with Crippen molar-refractivity contribution in [3.05, 3.63) is 28.2 Å². The van der Waals surface area contributed by atoms with Crippen molar-refractivity contribution in [2.75, 3.05) is 6.54 Å². The molecule has 8 heteroatoms. The molecule has 0 aliphatic rings. The van der Waals surface area contributed by atoms with Crippen LogP contribution in [0.5, 0.6) is 0 Å². The fourth-order valence-corrected chi connectivity index (χ4v) is 3.65. The van der Waals surface area contributed by atoms with Crippen molar-refractivity contribution in [3.63, 3.8) is 0 Å². The van der Waals surface area contributed by atoms with Gasteiger partial charge in [-0.05, 0) is 30.5 Å². The highest BCUT2D eigenvalue weighted by atomic mass is 35.5. The van der Waals surface area contributed by atoms with Crippen molar-refractivity contribution in [1.82, 2.24) is 4.72 Å². The topological polar surface area (TPSA) is 83.5 Å². The van der Waals surface area contributed by atoms with Crippen LogP contribution < -0.4 is 4.72 Å². The number of benzene rings is 1. The number of carboxylic acid groups (broad SMARTS) is 1. The largest absolute Gasteiger partial charge is 0.481 e. The van der Waals surface area contributed by atoms with Gasteiger partial charge in [-0.3, -0.25) is 4.79 Å². The summed E-state index contributed by atoms with van der Waals surface area (Å²) in [5, 5.41) is 9.37. The lowest BCUT2D eigenvalue weighted by Gasteiger charge is -2.16. The minimum absolute atomic E-state index is 0.0302. The molecule has 0 aliphatic heterocycles. The summed E-state index contributed by atoms with van der Waals surface area (Å²) in [5.74, 6) is -1.69. The van der Waals surface area contributed by atoms with E-state index in [1.165, 1.54) is 18.2 Å². The smallest absolute Gasteiger partial charge is 0.307 e. The number of rotatable bonds is 7. The van der Waals surface area contributed by atoms with Crippen molar-refractivity contribution in [1.29, 1.82) is 0 Å². The lowest BCUT2D eigenvalue weighted by Crippen LogP contribution is -2.33. The van der Waals surface area contributed by atoms with E-state index < -0.39 is 21.9 Å². The number of halogens is 2. The highest BCUT2D eigenvalue weighted by molar-refractivity contribution is 7.89. The molecule has 0 aromatic heterocycles. The summed E-state index contributed by atoms with van der Waals surface area (Å²) in [6, 6.07) is 4.08. The first-order chi connectivity index (χ1) is 9.63. The van der Waals surface area contributed by atoms with Crippen LogP contribution in [-0.4, -0.2) is 26.0 Å². The third kappa shape index (κ3) is 5.47. The molecule has 0 amide bonds. The zero-order valence-electron chi connectivity index (χ0n) is 11.6. The molecule has 0 saturated heterocycles. The van der Waals surface area contributed by atoms with Gasteiger partial charge in [0.25, 0.3) is 0 Å². The molecular weight excluding hydrogens is 337 g/mol. The molecule has 1 rings (SSSR count). The van der Waals surface area contributed by atoms with Gasteiger partial charge in [0.15, 0.2) is 0 Å². The van der Waals surface area contributed by atoms with Gasteiger partial charge in [-0.25, -0.2) is 13.1 Å². The van der Waals surface area contributed by atoms with Gasteiger partial charge in [-0.15, -0.1) is 0 Å². The van der Waals surface area contributed by atoms with Crippen LogP contribution in [0, 0.1) is 11.8 Å². The van der Waals surface area contributed by atoms with E-state index in [1.807, 2.05) is 13.8 Å². The maximum Gasteiger partial charge on any atom is 0.307 e. The number of carbonyl (C=O) groups is 1. The monoisotopic (exact) mass is 353 g/mol. The Bertz CT molecular complexity index is 617. The summed E-state index contributed by atoms with van der Waals surface area (Å²) in [6.45, 7) is 3.55. The summed E-state index contributed by atoms with van der Waals surface area (Å²) < 4.78 is 26.6. The Hall–Kier alpha value is -0.820. The average molecular weight is 354 g/mol. The minimum atomic E-state index is -3.91. The Morgan fingerprint density at radius 2 is 1.95 bits per heavy atom. The molecule has 0 fully saturated rings. The molecule has 5 nitrogen and oxygen atoms in total. The van der Waals surface area contributed by atoms with E-state index in [-0.39, 0.29) is 27.4 Å². The predicted molar refractivity (Wildman–Crippen MR) is 82.2 cm³/mol. The quantitative estimate of drug-likeness (QED) is 0.788. The van der Waals surface area contributed by atoms with Crippen molar-refractivity contribution >= 4 is 39.2 Å². The van der Waals surface area contributed by atoms with Gasteiger partial charge in [-0.1, -0.05) is 37.0 Å². The summed E-state index contributed by atoms with van der Waals surface area (Å²) >= 11 is 11.6. The van der Waals surface area contributed by atoms with Crippen LogP contribution in [0.1, 0.15) is 20.3 Å². The van der Waals surface area contributed by atoms with E-state index in [0.29, 0.717) is 6.42 Å². The lowest BCUT2D eigenvalue weighted by atomic mass is 9.98. The third-order valence-electron chi connectivity index (χ3n) is 2.81. The number of hydrogen-bond donors (Lipinski definition) is 2. The molecule has 0 saturated carbocycles. The fraction of sp³-hybridized carbons (Fsp3) is 0.462. The molecule has 0 spiro atoms. The standard InChI is InChI=1S/C13H17Cl2NO4S/c1-8(2)5-9(13(17)18)7-16-21(19,20)12-6-10(14)3-4-11(12)15/h3-4,6,8-9,16H,5,7H2,1-2H3,(H,17,18). The Balaban J connectivity index is 2.89. The Morgan fingerprint density at radius 3 is 2.48 bits per heavy atom. The van der Waals surface area contributed by atoms with Gasteiger partial charge in [-0.2, -0.15) is 0 Å². The molecule has 0 bridgehead atoms. The molecule has 1 aromatic carbocycles. The van der Waals surface area contributed by atoms with Gasteiger partial charge < -0.3 is 5.11 Å². The van der Waals surface area contributed by atoms with Gasteiger partial charge in [0.2, 0.25) is 10.0 Å². The average Bonchev–Trinajstić information content (AvgIpc) is 2.36. The molecule has 118 valence electrons. The second kappa shape index (κ2) is 7.45. The SMILES string of the molecule is CC(C)CC(CNS(=O)(=O)c1cc(Cl)ccc1Cl)C(=O)O. The van der Waals surface area contributed by atoms with E-state index in [0.717, 1.165) is 0 Å². The molecule has 21 heavy (non-hydrogen) atoms. The van der Waals surface area contributed by atoms with E-state index in [2.05, 4.69) is 4.72 Å². The van der Waals surface area contributed by atoms with Crippen molar-refractivity contribution in [2.24, 2.45) is 11.8 Å². The van der Waals surface area contributed by atoms with E-state index in [1.54, 1.807) is 0 Å². The zero-order chi connectivity index (χ0) is 16.2. The van der Waals surface area contributed by atoms with Gasteiger partial charge in [0, 0.05) is 11.6 Å². The molecule has 0 heterocycles. The zero-order valence-corrected chi connectivity index (χ0v) is 14.0. The fourth-order valence-electron chi connectivity index (χ4n) is 1.81. The second-order valence-electron chi connectivity index (χ2n) is 5.09. The van der Waals surface area contributed by atoms with Crippen LogP contribution >= 0.6 is 23.2 Å². The van der Waals surface area contributed by atoms with Crippen LogP contribution in [0.15, 0.2) is 23.1 Å². The number of sulfonamides is 1. The normalized spacial score (nSPS) is 13.4. The van der Waals surface area contributed by atoms with Crippen LogP contribution in [-0.2, 0) is 14.8 Å². The van der Waals surface area contributed by atoms with E-state index >= 15 is 0 Å². The number of hydrogen-bond acceptors (Lipinski definition) is 3. The molecule has 0 radical (unpaired) electrons. The number of nitrogens with one attached hydrogen (secondary N) is 1. The van der Waals surface area contributed by atoms with Gasteiger partial charge in [0.05, 0.1) is 10.9 Å². The minimum Gasteiger partial charge on any atom is -0.481 e. The van der Waals surface area contributed by atoms with Crippen molar-refractivity contribution < 1.29 is 18.3 Å². The Labute approximate surface area is 134 Å². The van der Waals surface area contributed by atoms with Gasteiger partial charge in [0.1, 0.15) is 4.90 Å². The summed E-state index contributed by atoms with van der Waals surface area (Å²) in [5.41, 5.74) is 0. The predicted octanol–water partition coefficient (Wildman–Crippen LogP) is 3.02. The van der Waals surface area contributed by atoms with Crippen molar-refractivity contribution in [3.8, 4) is 0 Å². The Kier molecular flexibility index (Phi) is 6.46. The van der Waals surface area contributed by atoms with E-state index in [9.17, 15) is 13.2 Å². The van der Waals surface area contributed by atoms with Crippen LogP contribution in [0.2, 0.25) is 10.0 Å². The molecule has 0 aliphatic carbocycles. The highest BCUT2D eigenvalue weighted by Gasteiger charge is 2.24. The summed E-state index contributed by atoms with van der Waals surface area (Å²) in [6.07, 6.45) is 0.376. The maximum absolute atomic E-state index is 12.2. The molecule has 1 unspecified atom stereocenters. The first-order valence-corrected chi connectivity index (χ1v) is 8.55. The van der Waals surface area contributed by atoms with E-state index in [4.69, 9.17) is 28.3 Å². The third-order valence-corrected chi connectivity index (χ3v) is 4.95. The first-order valence-electron chi connectivity index (χ1n) is 6.31. The van der Waals surface area contributed by atoms with Gasteiger partial charge >= 0.3 is 5.97 Å². The molecule has 2 N–H and O–H groups in total.